The molecule has 0 fully saturated rings. The fraction of sp³-hybridized carbons (Fsp3) is 0.250. The second-order valence-corrected chi connectivity index (χ2v) is 4.07. The van der Waals surface area contributed by atoms with Crippen molar-refractivity contribution in [3.8, 4) is 5.75 Å². The zero-order chi connectivity index (χ0) is 13.7. The predicted octanol–water partition coefficient (Wildman–Crippen LogP) is -0.0752. The average molecular weight is 261 g/mol. The maximum Gasteiger partial charge on any atom is 0.241 e. The molecule has 7 heteroatoms. The Bertz CT molecular complexity index is 550. The third-order valence-electron chi connectivity index (χ3n) is 2.53. The van der Waals surface area contributed by atoms with Crippen molar-refractivity contribution < 1.29 is 9.90 Å². The highest BCUT2D eigenvalue weighted by atomic mass is 16.3. The molecule has 0 aliphatic rings. The van der Waals surface area contributed by atoms with Gasteiger partial charge in [-0.05, 0) is 24.1 Å². The first-order chi connectivity index (χ1) is 9.13. The van der Waals surface area contributed by atoms with Crippen LogP contribution in [0.25, 0.3) is 0 Å². The number of carbonyl (C=O) groups excluding carboxylic acids is 1. The molecule has 19 heavy (non-hydrogen) atoms. The number of nitrogens with zero attached hydrogens (tertiary/aromatic N) is 3. The number of nitrogens with two attached hydrogens (primary N) is 1. The molecule has 0 spiro atoms. The lowest BCUT2D eigenvalue weighted by Crippen LogP contribution is -2.29. The van der Waals surface area contributed by atoms with E-state index in [1.54, 1.807) is 12.1 Å². The summed E-state index contributed by atoms with van der Waals surface area (Å²) < 4.78 is 1.38. The number of rotatable bonds is 5. The molecule has 7 nitrogen and oxygen atoms in total. The zero-order valence-corrected chi connectivity index (χ0v) is 10.3. The summed E-state index contributed by atoms with van der Waals surface area (Å²) in [5.41, 5.74) is 6.39. The van der Waals surface area contributed by atoms with Gasteiger partial charge in [-0.1, -0.05) is 12.1 Å². The lowest BCUT2D eigenvalue weighted by Gasteiger charge is -2.05. The van der Waals surface area contributed by atoms with Crippen LogP contribution in [0.3, 0.4) is 0 Å². The Balaban J connectivity index is 1.73. The van der Waals surface area contributed by atoms with Crippen LogP contribution in [-0.2, 0) is 17.8 Å². The van der Waals surface area contributed by atoms with E-state index in [-0.39, 0.29) is 24.1 Å². The number of benzene rings is 1. The zero-order valence-electron chi connectivity index (χ0n) is 10.3. The molecule has 2 rings (SSSR count). The largest absolute Gasteiger partial charge is 0.508 e. The minimum atomic E-state index is -0.149. The second kappa shape index (κ2) is 5.85. The van der Waals surface area contributed by atoms with Crippen molar-refractivity contribution in [1.29, 1.82) is 0 Å². The molecule has 1 aromatic carbocycles. The van der Waals surface area contributed by atoms with E-state index in [1.165, 1.54) is 11.0 Å². The van der Waals surface area contributed by atoms with E-state index < -0.39 is 0 Å². The summed E-state index contributed by atoms with van der Waals surface area (Å²) in [6, 6.07) is 6.88. The number of carbonyl (C=O) groups is 1. The molecule has 0 aliphatic heterocycles. The summed E-state index contributed by atoms with van der Waals surface area (Å²) in [6.45, 7) is 0.619. The molecule has 2 aromatic rings. The standard InChI is InChI=1S/C12H15N5O2/c13-12-15-8-17(16-12)7-11(19)14-6-5-9-1-3-10(18)4-2-9/h1-4,8,18H,5-7H2,(H2,13,16)(H,14,19). The summed E-state index contributed by atoms with van der Waals surface area (Å²) in [5, 5.41) is 15.7. The fourth-order valence-electron chi connectivity index (χ4n) is 1.60. The van der Waals surface area contributed by atoms with Gasteiger partial charge in [0.2, 0.25) is 11.9 Å². The Hall–Kier alpha value is -2.57. The van der Waals surface area contributed by atoms with Crippen LogP contribution in [0.15, 0.2) is 30.6 Å². The number of hydrogen-bond acceptors (Lipinski definition) is 5. The number of aromatic nitrogens is 3. The second-order valence-electron chi connectivity index (χ2n) is 4.07. The fourth-order valence-corrected chi connectivity index (χ4v) is 1.60. The third-order valence-corrected chi connectivity index (χ3v) is 2.53. The van der Waals surface area contributed by atoms with Gasteiger partial charge in [0.05, 0.1) is 0 Å². The van der Waals surface area contributed by atoms with E-state index in [0.29, 0.717) is 13.0 Å². The van der Waals surface area contributed by atoms with Gasteiger partial charge < -0.3 is 16.2 Å². The summed E-state index contributed by atoms with van der Waals surface area (Å²) in [5.74, 6) is 0.233. The molecular weight excluding hydrogens is 246 g/mol. The molecule has 4 N–H and O–H groups in total. The van der Waals surface area contributed by atoms with Gasteiger partial charge in [0.1, 0.15) is 18.6 Å². The molecule has 0 bridgehead atoms. The van der Waals surface area contributed by atoms with Crippen molar-refractivity contribution >= 4 is 11.9 Å². The topological polar surface area (TPSA) is 106 Å². The van der Waals surface area contributed by atoms with Gasteiger partial charge in [-0.25, -0.2) is 9.67 Å². The van der Waals surface area contributed by atoms with E-state index in [1.807, 2.05) is 12.1 Å². The molecule has 0 aliphatic carbocycles. The number of nitrogens with one attached hydrogen (secondary N) is 1. The van der Waals surface area contributed by atoms with Crippen molar-refractivity contribution in [1.82, 2.24) is 20.1 Å². The number of phenols is 1. The number of amides is 1. The van der Waals surface area contributed by atoms with E-state index in [0.717, 1.165) is 5.56 Å². The molecule has 0 saturated heterocycles. The average Bonchev–Trinajstić information content (AvgIpc) is 2.77. The molecule has 0 saturated carbocycles. The molecule has 0 unspecified atom stereocenters. The molecule has 100 valence electrons. The van der Waals surface area contributed by atoms with Gasteiger partial charge in [-0.2, -0.15) is 0 Å². The van der Waals surface area contributed by atoms with E-state index >= 15 is 0 Å². The lowest BCUT2D eigenvalue weighted by molar-refractivity contribution is -0.121. The number of aromatic hydroxyl groups is 1. The minimum Gasteiger partial charge on any atom is -0.508 e. The van der Waals surface area contributed by atoms with Gasteiger partial charge in [0, 0.05) is 6.54 Å². The van der Waals surface area contributed by atoms with Crippen LogP contribution in [0.1, 0.15) is 5.56 Å². The number of phenolic OH excluding ortho intramolecular Hbond substituents is 1. The molecular formula is C12H15N5O2. The minimum absolute atomic E-state index is 0.0970. The first-order valence-corrected chi connectivity index (χ1v) is 5.83. The summed E-state index contributed by atoms with van der Waals surface area (Å²) >= 11 is 0. The van der Waals surface area contributed by atoms with Gasteiger partial charge in [-0.3, -0.25) is 4.79 Å². The maximum atomic E-state index is 11.6. The Labute approximate surface area is 110 Å². The first-order valence-electron chi connectivity index (χ1n) is 5.83. The molecule has 0 atom stereocenters. The van der Waals surface area contributed by atoms with Crippen LogP contribution in [0.2, 0.25) is 0 Å². The maximum absolute atomic E-state index is 11.6. The van der Waals surface area contributed by atoms with Crippen LogP contribution in [0.5, 0.6) is 5.75 Å². The van der Waals surface area contributed by atoms with Crippen LogP contribution < -0.4 is 11.1 Å². The number of nitrogen functional groups attached to an aromatic ring is 1. The Morgan fingerprint density at radius 3 is 2.74 bits per heavy atom. The Morgan fingerprint density at radius 1 is 1.37 bits per heavy atom. The van der Waals surface area contributed by atoms with Gasteiger partial charge in [-0.15, -0.1) is 5.10 Å². The van der Waals surface area contributed by atoms with Crippen LogP contribution in [-0.4, -0.2) is 32.3 Å². The monoisotopic (exact) mass is 261 g/mol. The molecule has 0 radical (unpaired) electrons. The lowest BCUT2D eigenvalue weighted by atomic mass is 10.1. The summed E-state index contributed by atoms with van der Waals surface area (Å²) in [6.07, 6.45) is 2.11. The SMILES string of the molecule is Nc1ncn(CC(=O)NCCc2ccc(O)cc2)n1. The first kappa shape index (κ1) is 12.9. The molecule has 1 heterocycles. The highest BCUT2D eigenvalue weighted by molar-refractivity contribution is 5.75. The van der Waals surface area contributed by atoms with Crippen LogP contribution in [0, 0.1) is 0 Å². The highest BCUT2D eigenvalue weighted by Gasteiger charge is 2.04. The highest BCUT2D eigenvalue weighted by Crippen LogP contribution is 2.09. The van der Waals surface area contributed by atoms with Crippen molar-refractivity contribution in [2.24, 2.45) is 0 Å². The van der Waals surface area contributed by atoms with Crippen molar-refractivity contribution in [3.05, 3.63) is 36.2 Å². The Morgan fingerprint density at radius 2 is 2.11 bits per heavy atom. The van der Waals surface area contributed by atoms with Gasteiger partial charge in [0.15, 0.2) is 0 Å². The van der Waals surface area contributed by atoms with Crippen molar-refractivity contribution in [2.45, 2.75) is 13.0 Å². The molecule has 1 amide bonds. The number of anilines is 1. The summed E-state index contributed by atoms with van der Waals surface area (Å²) in [7, 11) is 0. The van der Waals surface area contributed by atoms with E-state index in [9.17, 15) is 4.79 Å². The molecule has 1 aromatic heterocycles. The van der Waals surface area contributed by atoms with E-state index in [2.05, 4.69) is 15.4 Å². The van der Waals surface area contributed by atoms with Crippen LogP contribution in [0.4, 0.5) is 5.95 Å². The van der Waals surface area contributed by atoms with Gasteiger partial charge in [0.25, 0.3) is 0 Å². The Kier molecular flexibility index (Phi) is 3.97. The summed E-state index contributed by atoms with van der Waals surface area (Å²) in [4.78, 5) is 15.3. The van der Waals surface area contributed by atoms with Crippen molar-refractivity contribution in [2.75, 3.05) is 12.3 Å². The van der Waals surface area contributed by atoms with Crippen LogP contribution >= 0.6 is 0 Å². The predicted molar refractivity (Wildman–Crippen MR) is 69.3 cm³/mol. The smallest absolute Gasteiger partial charge is 0.241 e. The van der Waals surface area contributed by atoms with Crippen molar-refractivity contribution in [3.63, 3.8) is 0 Å². The quantitative estimate of drug-likeness (QED) is 0.698. The number of hydrogen-bond donors (Lipinski definition) is 3. The van der Waals surface area contributed by atoms with Gasteiger partial charge >= 0.3 is 0 Å². The van der Waals surface area contributed by atoms with E-state index in [4.69, 9.17) is 10.8 Å². The third kappa shape index (κ3) is 3.98. The normalized spacial score (nSPS) is 10.3.